The topological polar surface area (TPSA) is 85.3 Å². The highest BCUT2D eigenvalue weighted by Crippen LogP contribution is 2.35. The number of hydrogen-bond donors (Lipinski definition) is 1. The second-order valence-electron chi connectivity index (χ2n) is 7.86. The van der Waals surface area contributed by atoms with Gasteiger partial charge in [-0.25, -0.2) is 4.79 Å². The molecular formula is C24H22N2O4. The van der Waals surface area contributed by atoms with Gasteiger partial charge in [-0.2, -0.15) is 0 Å². The summed E-state index contributed by atoms with van der Waals surface area (Å²) in [5.41, 5.74) is 4.18. The summed E-state index contributed by atoms with van der Waals surface area (Å²) in [5.74, 6) is 0.825. The smallest absolute Gasteiger partial charge is 0.340 e. The molecule has 0 atom stereocenters. The summed E-state index contributed by atoms with van der Waals surface area (Å²) in [5, 5.41) is 4.79. The van der Waals surface area contributed by atoms with E-state index in [0.717, 1.165) is 58.9 Å². The predicted octanol–water partition coefficient (Wildman–Crippen LogP) is 3.98. The van der Waals surface area contributed by atoms with Crippen LogP contribution in [0.3, 0.4) is 0 Å². The Labute approximate surface area is 172 Å². The van der Waals surface area contributed by atoms with Gasteiger partial charge < -0.3 is 14.2 Å². The number of furan rings is 1. The average molecular weight is 402 g/mol. The first-order valence-corrected chi connectivity index (χ1v) is 10.3. The van der Waals surface area contributed by atoms with Gasteiger partial charge in [0.05, 0.1) is 12.0 Å². The van der Waals surface area contributed by atoms with Gasteiger partial charge in [0.2, 0.25) is 5.91 Å². The van der Waals surface area contributed by atoms with Gasteiger partial charge in [-0.05, 0) is 55.5 Å². The standard InChI is InChI=1S/C24H22N2O4/c1-14-17-10-19-16-4-2-3-5-20(16)29-22(19)12-21(17)30-24(28)18(14)11-23(27)26-13-15-6-8-25-9-7-15/h6-10,12H,2-5,11,13H2,1H3,(H,26,27). The van der Waals surface area contributed by atoms with Crippen molar-refractivity contribution in [1.82, 2.24) is 10.3 Å². The van der Waals surface area contributed by atoms with Crippen LogP contribution in [-0.4, -0.2) is 10.9 Å². The first-order chi connectivity index (χ1) is 14.6. The lowest BCUT2D eigenvalue weighted by atomic mass is 9.94. The molecule has 6 heteroatoms. The van der Waals surface area contributed by atoms with Gasteiger partial charge in [0.15, 0.2) is 0 Å². The second-order valence-corrected chi connectivity index (χ2v) is 7.86. The van der Waals surface area contributed by atoms with E-state index >= 15 is 0 Å². The molecule has 0 bridgehead atoms. The van der Waals surface area contributed by atoms with Crippen molar-refractivity contribution in [2.75, 3.05) is 0 Å². The third-order valence-corrected chi connectivity index (χ3v) is 5.94. The Morgan fingerprint density at radius 2 is 1.83 bits per heavy atom. The number of nitrogens with zero attached hydrogens (tertiary/aromatic N) is 1. The van der Waals surface area contributed by atoms with Crippen LogP contribution in [0.4, 0.5) is 0 Å². The maximum absolute atomic E-state index is 12.6. The highest BCUT2D eigenvalue weighted by atomic mass is 16.4. The third-order valence-electron chi connectivity index (χ3n) is 5.94. The molecule has 5 rings (SSSR count). The number of pyridine rings is 1. The Balaban J connectivity index is 1.48. The number of benzene rings is 1. The zero-order valence-electron chi connectivity index (χ0n) is 16.8. The minimum atomic E-state index is -0.477. The van der Waals surface area contributed by atoms with E-state index in [0.29, 0.717) is 17.7 Å². The van der Waals surface area contributed by atoms with Gasteiger partial charge in [0, 0.05) is 47.8 Å². The zero-order chi connectivity index (χ0) is 20.7. The van der Waals surface area contributed by atoms with Gasteiger partial charge in [-0.1, -0.05) is 0 Å². The average Bonchev–Trinajstić information content (AvgIpc) is 3.12. The molecule has 0 fully saturated rings. The normalized spacial score (nSPS) is 13.5. The van der Waals surface area contributed by atoms with Crippen molar-refractivity contribution < 1.29 is 13.6 Å². The van der Waals surface area contributed by atoms with E-state index in [1.165, 1.54) is 5.56 Å². The highest BCUT2D eigenvalue weighted by Gasteiger charge is 2.21. The molecule has 30 heavy (non-hydrogen) atoms. The van der Waals surface area contributed by atoms with Crippen molar-refractivity contribution in [3.8, 4) is 0 Å². The quantitative estimate of drug-likeness (QED) is 0.522. The van der Waals surface area contributed by atoms with E-state index in [9.17, 15) is 9.59 Å². The molecule has 6 nitrogen and oxygen atoms in total. The molecule has 0 saturated carbocycles. The van der Waals surface area contributed by atoms with Crippen LogP contribution >= 0.6 is 0 Å². The number of amides is 1. The fraction of sp³-hybridized carbons (Fsp3) is 0.292. The van der Waals surface area contributed by atoms with Crippen molar-refractivity contribution in [2.24, 2.45) is 0 Å². The van der Waals surface area contributed by atoms with Crippen molar-refractivity contribution in [1.29, 1.82) is 0 Å². The van der Waals surface area contributed by atoms with Gasteiger partial charge in [0.1, 0.15) is 16.9 Å². The van der Waals surface area contributed by atoms with Gasteiger partial charge in [-0.15, -0.1) is 0 Å². The Kier molecular flexibility index (Phi) is 4.62. The second kappa shape index (κ2) is 7.44. The lowest BCUT2D eigenvalue weighted by Crippen LogP contribution is -2.27. The van der Waals surface area contributed by atoms with Crippen LogP contribution in [0.25, 0.3) is 21.9 Å². The van der Waals surface area contributed by atoms with Crippen molar-refractivity contribution >= 4 is 27.8 Å². The minimum Gasteiger partial charge on any atom is -0.461 e. The number of aromatic nitrogens is 1. The molecule has 3 aromatic heterocycles. The number of aryl methyl sites for hydroxylation is 3. The van der Waals surface area contributed by atoms with Crippen molar-refractivity contribution in [2.45, 2.75) is 45.6 Å². The highest BCUT2D eigenvalue weighted by molar-refractivity contribution is 5.97. The summed E-state index contributed by atoms with van der Waals surface area (Å²) in [6.07, 6.45) is 7.60. The van der Waals surface area contributed by atoms with Gasteiger partial charge in [0.25, 0.3) is 0 Å². The summed E-state index contributed by atoms with van der Waals surface area (Å²) in [6, 6.07) is 7.54. The number of carbonyl (C=O) groups excluding carboxylic acids is 1. The molecule has 0 spiro atoms. The molecule has 1 amide bonds. The number of carbonyl (C=O) groups is 1. The molecule has 1 N–H and O–H groups in total. The molecule has 1 aliphatic rings. The number of rotatable bonds is 4. The first-order valence-electron chi connectivity index (χ1n) is 10.3. The lowest BCUT2D eigenvalue weighted by molar-refractivity contribution is -0.120. The van der Waals surface area contributed by atoms with Crippen LogP contribution < -0.4 is 10.9 Å². The summed E-state index contributed by atoms with van der Waals surface area (Å²) in [7, 11) is 0. The van der Waals surface area contributed by atoms with E-state index in [-0.39, 0.29) is 12.3 Å². The molecule has 4 aromatic rings. The van der Waals surface area contributed by atoms with Crippen molar-refractivity contribution in [3.05, 3.63) is 75.1 Å². The van der Waals surface area contributed by atoms with Gasteiger partial charge >= 0.3 is 5.63 Å². The molecule has 3 heterocycles. The van der Waals surface area contributed by atoms with Crippen LogP contribution in [0.5, 0.6) is 0 Å². The summed E-state index contributed by atoms with van der Waals surface area (Å²) in [4.78, 5) is 29.0. The predicted molar refractivity (Wildman–Crippen MR) is 113 cm³/mol. The van der Waals surface area contributed by atoms with E-state index in [2.05, 4.69) is 16.4 Å². The molecule has 152 valence electrons. The molecule has 1 aliphatic carbocycles. The Morgan fingerprint density at radius 3 is 2.67 bits per heavy atom. The Morgan fingerprint density at radius 1 is 1.07 bits per heavy atom. The molecule has 0 radical (unpaired) electrons. The van der Waals surface area contributed by atoms with E-state index < -0.39 is 5.63 Å². The fourth-order valence-corrected chi connectivity index (χ4v) is 4.27. The van der Waals surface area contributed by atoms with Crippen LogP contribution in [0.2, 0.25) is 0 Å². The molecule has 0 saturated heterocycles. The SMILES string of the molecule is Cc1c(CC(=O)NCc2ccncc2)c(=O)oc2cc3oc4c(c3cc12)CCCC4. The van der Waals surface area contributed by atoms with E-state index in [1.807, 2.05) is 25.1 Å². The van der Waals surface area contributed by atoms with Crippen molar-refractivity contribution in [3.63, 3.8) is 0 Å². The van der Waals surface area contributed by atoms with E-state index in [4.69, 9.17) is 8.83 Å². The van der Waals surface area contributed by atoms with Crippen LogP contribution in [0, 0.1) is 6.92 Å². The molecular weight excluding hydrogens is 380 g/mol. The van der Waals surface area contributed by atoms with Gasteiger partial charge in [-0.3, -0.25) is 9.78 Å². The van der Waals surface area contributed by atoms with Crippen LogP contribution in [0.15, 0.2) is 50.3 Å². The summed E-state index contributed by atoms with van der Waals surface area (Å²) in [6.45, 7) is 2.27. The lowest BCUT2D eigenvalue weighted by Gasteiger charge is -2.10. The fourth-order valence-electron chi connectivity index (χ4n) is 4.27. The largest absolute Gasteiger partial charge is 0.461 e. The third kappa shape index (κ3) is 3.28. The Bertz CT molecular complexity index is 1320. The summed E-state index contributed by atoms with van der Waals surface area (Å²) < 4.78 is 11.6. The molecule has 0 aliphatic heterocycles. The number of nitrogens with one attached hydrogen (secondary N) is 1. The molecule has 0 unspecified atom stereocenters. The van der Waals surface area contributed by atoms with Crippen LogP contribution in [-0.2, 0) is 30.6 Å². The van der Waals surface area contributed by atoms with Crippen LogP contribution in [0.1, 0.15) is 40.9 Å². The molecule has 1 aromatic carbocycles. The number of fused-ring (bicyclic) bond motifs is 4. The number of hydrogen-bond acceptors (Lipinski definition) is 5. The first kappa shape index (κ1) is 18.6. The zero-order valence-corrected chi connectivity index (χ0v) is 16.8. The minimum absolute atomic E-state index is 0.0171. The maximum Gasteiger partial charge on any atom is 0.340 e. The van der Waals surface area contributed by atoms with E-state index in [1.54, 1.807) is 12.4 Å². The summed E-state index contributed by atoms with van der Waals surface area (Å²) >= 11 is 0. The Hall–Kier alpha value is -3.41. The monoisotopic (exact) mass is 402 g/mol. The maximum atomic E-state index is 12.6.